The lowest BCUT2D eigenvalue weighted by Crippen LogP contribution is -2.14. The molecule has 0 aliphatic rings. The maximum Gasteiger partial charge on any atom is 0.435 e. The van der Waals surface area contributed by atoms with Crippen molar-refractivity contribution >= 4 is 26.6 Å². The second-order valence-electron chi connectivity index (χ2n) is 6.14. The number of hydrogen-bond donors (Lipinski definition) is 2. The van der Waals surface area contributed by atoms with Gasteiger partial charge in [-0.1, -0.05) is 12.1 Å². The highest BCUT2D eigenvalue weighted by atomic mass is 32.2. The summed E-state index contributed by atoms with van der Waals surface area (Å²) in [7, 11) is -2.34. The van der Waals surface area contributed by atoms with Crippen LogP contribution < -0.4 is 4.72 Å². The molecule has 4 aromatic rings. The summed E-state index contributed by atoms with van der Waals surface area (Å²) in [6, 6.07) is 7.44. The van der Waals surface area contributed by atoms with Crippen molar-refractivity contribution in [2.24, 2.45) is 7.05 Å². The largest absolute Gasteiger partial charge is 0.435 e. The number of fused-ring (bicyclic) bond motifs is 1. The van der Waals surface area contributed by atoms with Crippen molar-refractivity contribution in [2.45, 2.75) is 11.1 Å². The summed E-state index contributed by atoms with van der Waals surface area (Å²) in [4.78, 5) is 3.68. The Kier molecular flexibility index (Phi) is 4.30. The third-order valence-corrected chi connectivity index (χ3v) is 5.59. The predicted molar refractivity (Wildman–Crippen MR) is 98.3 cm³/mol. The smallest absolute Gasteiger partial charge is 0.284 e. The summed E-state index contributed by atoms with van der Waals surface area (Å²) < 4.78 is 68.4. The van der Waals surface area contributed by atoms with E-state index in [1.165, 1.54) is 16.8 Å². The number of halogens is 3. The molecular weight excluding hydrogens is 409 g/mol. The SMILES string of the molecule is Cn1ncc2cccc(NS(=O)(=O)c3ccc(-c4c[nH]nc4C(F)(F)F)nc3)c21. The number of nitrogens with zero attached hydrogens (tertiary/aromatic N) is 4. The number of para-hydroxylation sites is 1. The summed E-state index contributed by atoms with van der Waals surface area (Å²) in [6.07, 6.45) is -1.01. The molecule has 0 saturated heterocycles. The third-order valence-electron chi connectivity index (χ3n) is 4.24. The molecule has 3 heterocycles. The van der Waals surface area contributed by atoms with E-state index in [0.717, 1.165) is 17.8 Å². The van der Waals surface area contributed by atoms with Gasteiger partial charge < -0.3 is 0 Å². The molecule has 150 valence electrons. The third kappa shape index (κ3) is 3.42. The van der Waals surface area contributed by atoms with Gasteiger partial charge in [-0.15, -0.1) is 0 Å². The second kappa shape index (κ2) is 6.58. The van der Waals surface area contributed by atoms with Crippen molar-refractivity contribution in [1.29, 1.82) is 0 Å². The number of aromatic nitrogens is 5. The van der Waals surface area contributed by atoms with E-state index in [4.69, 9.17) is 0 Å². The molecule has 0 radical (unpaired) electrons. The molecule has 0 aliphatic carbocycles. The number of alkyl halides is 3. The minimum atomic E-state index is -4.66. The maximum absolute atomic E-state index is 13.0. The lowest BCUT2D eigenvalue weighted by atomic mass is 10.1. The first-order valence-electron chi connectivity index (χ1n) is 8.18. The van der Waals surface area contributed by atoms with Gasteiger partial charge in [0.05, 0.1) is 28.7 Å². The number of pyridine rings is 1. The lowest BCUT2D eigenvalue weighted by Gasteiger charge is -2.10. The number of rotatable bonds is 4. The van der Waals surface area contributed by atoms with Crippen molar-refractivity contribution in [1.82, 2.24) is 25.0 Å². The van der Waals surface area contributed by atoms with Crippen LogP contribution >= 0.6 is 0 Å². The molecular formula is C17H13F3N6O2S. The minimum absolute atomic E-state index is 0.0567. The summed E-state index contributed by atoms with van der Waals surface area (Å²) in [5, 5.41) is 10.2. The van der Waals surface area contributed by atoms with Gasteiger partial charge in [0.25, 0.3) is 10.0 Å². The number of aryl methyl sites for hydroxylation is 1. The van der Waals surface area contributed by atoms with Crippen molar-refractivity contribution in [3.63, 3.8) is 0 Å². The molecule has 1 aromatic carbocycles. The fourth-order valence-electron chi connectivity index (χ4n) is 2.92. The molecule has 0 spiro atoms. The molecule has 0 aliphatic heterocycles. The Bertz CT molecular complexity index is 1290. The van der Waals surface area contributed by atoms with Gasteiger partial charge in [0.2, 0.25) is 0 Å². The molecule has 8 nitrogen and oxygen atoms in total. The number of hydrogen-bond acceptors (Lipinski definition) is 5. The molecule has 0 atom stereocenters. The fourth-order valence-corrected chi connectivity index (χ4v) is 3.93. The number of benzene rings is 1. The van der Waals surface area contributed by atoms with Crippen molar-refractivity contribution < 1.29 is 21.6 Å². The zero-order valence-corrected chi connectivity index (χ0v) is 15.6. The number of sulfonamides is 1. The highest BCUT2D eigenvalue weighted by Gasteiger charge is 2.37. The summed E-state index contributed by atoms with van der Waals surface area (Å²) in [5.41, 5.74) is -0.538. The van der Waals surface area contributed by atoms with E-state index in [1.807, 2.05) is 0 Å². The molecule has 12 heteroatoms. The first-order valence-corrected chi connectivity index (χ1v) is 9.66. The van der Waals surface area contributed by atoms with Crippen LogP contribution in [-0.2, 0) is 23.2 Å². The van der Waals surface area contributed by atoms with Crippen LogP contribution in [0.1, 0.15) is 5.69 Å². The Morgan fingerprint density at radius 1 is 1.14 bits per heavy atom. The second-order valence-corrected chi connectivity index (χ2v) is 7.82. The number of H-pyrrole nitrogens is 1. The van der Waals surface area contributed by atoms with E-state index in [-0.39, 0.29) is 16.2 Å². The first kappa shape index (κ1) is 18.9. The van der Waals surface area contributed by atoms with Gasteiger partial charge in [-0.2, -0.15) is 23.4 Å². The van der Waals surface area contributed by atoms with Gasteiger partial charge in [0.15, 0.2) is 5.69 Å². The summed E-state index contributed by atoms with van der Waals surface area (Å²) in [6.45, 7) is 0. The monoisotopic (exact) mass is 422 g/mol. The van der Waals surface area contributed by atoms with E-state index >= 15 is 0 Å². The molecule has 4 rings (SSSR count). The van der Waals surface area contributed by atoms with E-state index in [0.29, 0.717) is 11.2 Å². The Balaban J connectivity index is 1.67. The Morgan fingerprint density at radius 3 is 2.62 bits per heavy atom. The van der Waals surface area contributed by atoms with E-state index < -0.39 is 21.9 Å². The minimum Gasteiger partial charge on any atom is -0.284 e. The molecule has 0 amide bonds. The molecule has 0 saturated carbocycles. The molecule has 3 aromatic heterocycles. The van der Waals surface area contributed by atoms with Gasteiger partial charge in [-0.25, -0.2) is 8.42 Å². The van der Waals surface area contributed by atoms with E-state index in [1.54, 1.807) is 31.4 Å². The van der Waals surface area contributed by atoms with Crippen LogP contribution in [0.2, 0.25) is 0 Å². The van der Waals surface area contributed by atoms with Crippen LogP contribution in [0.25, 0.3) is 22.2 Å². The standard InChI is InChI=1S/C17H13F3N6O2S/c1-26-15-10(7-23-26)3-2-4-14(15)25-29(27,28)11-5-6-13(21-8-11)12-9-22-24-16(12)17(18,19)20/h2-9,25H,1H3,(H,22,24). The number of nitrogens with one attached hydrogen (secondary N) is 2. The zero-order chi connectivity index (χ0) is 20.8. The van der Waals surface area contributed by atoms with Crippen LogP contribution in [0, 0.1) is 0 Å². The lowest BCUT2D eigenvalue weighted by molar-refractivity contribution is -0.140. The predicted octanol–water partition coefficient (Wildman–Crippen LogP) is 3.18. The van der Waals surface area contributed by atoms with Gasteiger partial charge in [0, 0.05) is 24.8 Å². The number of anilines is 1. The maximum atomic E-state index is 13.0. The molecule has 29 heavy (non-hydrogen) atoms. The normalized spacial score (nSPS) is 12.4. The molecule has 2 N–H and O–H groups in total. The molecule has 0 unspecified atom stereocenters. The van der Waals surface area contributed by atoms with Gasteiger partial charge in [-0.05, 0) is 18.2 Å². The Labute approximate surface area is 162 Å². The summed E-state index contributed by atoms with van der Waals surface area (Å²) >= 11 is 0. The van der Waals surface area contributed by atoms with Crippen LogP contribution in [0.3, 0.4) is 0 Å². The Morgan fingerprint density at radius 2 is 1.93 bits per heavy atom. The molecule has 0 bridgehead atoms. The van der Waals surface area contributed by atoms with Crippen LogP contribution in [-0.4, -0.2) is 33.4 Å². The highest BCUT2D eigenvalue weighted by molar-refractivity contribution is 7.92. The van der Waals surface area contributed by atoms with E-state index in [2.05, 4.69) is 25.0 Å². The average molecular weight is 422 g/mol. The van der Waals surface area contributed by atoms with Gasteiger partial charge in [-0.3, -0.25) is 19.5 Å². The topological polar surface area (TPSA) is 106 Å². The van der Waals surface area contributed by atoms with Crippen LogP contribution in [0.15, 0.2) is 53.8 Å². The number of aromatic amines is 1. The van der Waals surface area contributed by atoms with Crippen LogP contribution in [0.4, 0.5) is 18.9 Å². The van der Waals surface area contributed by atoms with Crippen LogP contribution in [0.5, 0.6) is 0 Å². The van der Waals surface area contributed by atoms with Crippen molar-refractivity contribution in [2.75, 3.05) is 4.72 Å². The fraction of sp³-hybridized carbons (Fsp3) is 0.118. The molecule has 0 fully saturated rings. The van der Waals surface area contributed by atoms with Crippen molar-refractivity contribution in [3.8, 4) is 11.3 Å². The van der Waals surface area contributed by atoms with Gasteiger partial charge >= 0.3 is 6.18 Å². The average Bonchev–Trinajstić information content (AvgIpc) is 3.29. The van der Waals surface area contributed by atoms with E-state index in [9.17, 15) is 21.6 Å². The zero-order valence-electron chi connectivity index (χ0n) is 14.8. The Hall–Kier alpha value is -3.41. The first-order chi connectivity index (χ1) is 13.7. The van der Waals surface area contributed by atoms with Gasteiger partial charge in [0.1, 0.15) is 4.90 Å². The summed E-state index contributed by atoms with van der Waals surface area (Å²) in [5.74, 6) is 0. The quantitative estimate of drug-likeness (QED) is 0.526. The highest BCUT2D eigenvalue weighted by Crippen LogP contribution is 2.34. The van der Waals surface area contributed by atoms with Crippen molar-refractivity contribution in [3.05, 3.63) is 54.6 Å².